The maximum atomic E-state index is 4.75. The maximum absolute atomic E-state index is 4.75. The Morgan fingerprint density at radius 2 is 1.95 bits per heavy atom. The number of hydrogen-bond acceptors (Lipinski definition) is 4. The lowest BCUT2D eigenvalue weighted by atomic mass is 10.1. The molecule has 0 aliphatic rings. The zero-order chi connectivity index (χ0) is 14.8. The van der Waals surface area contributed by atoms with E-state index in [0.717, 1.165) is 41.4 Å². The summed E-state index contributed by atoms with van der Waals surface area (Å²) in [5.41, 5.74) is 3.29. The summed E-state index contributed by atoms with van der Waals surface area (Å²) < 4.78 is 1.28. The maximum Gasteiger partial charge on any atom is 0.163 e. The van der Waals surface area contributed by atoms with Gasteiger partial charge in [-0.1, -0.05) is 25.1 Å². The Morgan fingerprint density at radius 3 is 2.76 bits per heavy atom. The van der Waals surface area contributed by atoms with Crippen LogP contribution in [-0.4, -0.2) is 16.5 Å². The van der Waals surface area contributed by atoms with E-state index in [0.29, 0.717) is 0 Å². The fourth-order valence-electron chi connectivity index (χ4n) is 2.32. The number of nitrogens with zero attached hydrogens (tertiary/aromatic N) is 2. The molecule has 0 aliphatic carbocycles. The first-order chi connectivity index (χ1) is 10.2. The van der Waals surface area contributed by atoms with Gasteiger partial charge in [-0.15, -0.1) is 11.3 Å². The summed E-state index contributed by atoms with van der Waals surface area (Å²) in [6.07, 6.45) is 1.08. The second-order valence-corrected chi connectivity index (χ2v) is 6.09. The molecule has 0 spiro atoms. The number of benzene rings is 1. The average molecular weight is 297 g/mol. The highest BCUT2D eigenvalue weighted by Gasteiger charge is 2.12. The number of aryl methyl sites for hydroxylation is 1. The van der Waals surface area contributed by atoms with Crippen LogP contribution in [0.1, 0.15) is 24.6 Å². The van der Waals surface area contributed by atoms with E-state index in [1.165, 1.54) is 10.1 Å². The number of hydrogen-bond donors (Lipinski definition) is 1. The third kappa shape index (κ3) is 2.63. The van der Waals surface area contributed by atoms with Gasteiger partial charge in [0.05, 0.1) is 0 Å². The van der Waals surface area contributed by atoms with Gasteiger partial charge in [0, 0.05) is 38.8 Å². The minimum Gasteiger partial charge on any atom is -0.370 e. The number of anilines is 1. The largest absolute Gasteiger partial charge is 0.370 e. The van der Waals surface area contributed by atoms with Crippen molar-refractivity contribution in [1.29, 1.82) is 0 Å². The number of nitrogens with one attached hydrogen (secondary N) is 1. The van der Waals surface area contributed by atoms with Crippen molar-refractivity contribution in [2.24, 2.45) is 0 Å². The third-order valence-corrected chi connectivity index (χ3v) is 4.62. The molecule has 0 saturated carbocycles. The summed E-state index contributed by atoms with van der Waals surface area (Å²) in [6.45, 7) is 7.21. The van der Waals surface area contributed by atoms with Crippen LogP contribution in [0.3, 0.4) is 0 Å². The van der Waals surface area contributed by atoms with E-state index in [1.54, 1.807) is 11.3 Å². The van der Waals surface area contributed by atoms with Crippen LogP contribution in [0.5, 0.6) is 0 Å². The monoisotopic (exact) mass is 297 g/mol. The summed E-state index contributed by atoms with van der Waals surface area (Å²) >= 11 is 1.74. The van der Waals surface area contributed by atoms with Gasteiger partial charge in [-0.05, 0) is 26.3 Å². The van der Waals surface area contributed by atoms with Crippen LogP contribution in [0, 0.1) is 13.8 Å². The molecule has 2 aromatic heterocycles. The second-order valence-electron chi connectivity index (χ2n) is 5.18. The summed E-state index contributed by atoms with van der Waals surface area (Å²) in [5, 5.41) is 6.79. The Kier molecular flexibility index (Phi) is 3.88. The molecule has 3 rings (SSSR count). The molecule has 2 heterocycles. The van der Waals surface area contributed by atoms with Gasteiger partial charge < -0.3 is 5.32 Å². The molecule has 3 aromatic rings. The fourth-order valence-corrected chi connectivity index (χ4v) is 3.26. The number of fused-ring (bicyclic) bond motifs is 1. The minimum absolute atomic E-state index is 0.814. The highest BCUT2D eigenvalue weighted by atomic mass is 32.1. The molecule has 0 bridgehead atoms. The predicted molar refractivity (Wildman–Crippen MR) is 91.1 cm³/mol. The van der Waals surface area contributed by atoms with Crippen molar-refractivity contribution in [2.75, 3.05) is 11.9 Å². The molecular formula is C17H19N3S. The number of rotatable bonds is 4. The number of thiophene rings is 1. The predicted octanol–water partition coefficient (Wildman–Crippen LogP) is 4.80. The lowest BCUT2D eigenvalue weighted by Crippen LogP contribution is -2.07. The van der Waals surface area contributed by atoms with Crippen molar-refractivity contribution in [3.63, 3.8) is 0 Å². The summed E-state index contributed by atoms with van der Waals surface area (Å²) in [4.78, 5) is 9.44. The van der Waals surface area contributed by atoms with Gasteiger partial charge >= 0.3 is 0 Å². The Bertz CT molecular complexity index is 777. The van der Waals surface area contributed by atoms with Crippen molar-refractivity contribution in [3.8, 4) is 11.4 Å². The quantitative estimate of drug-likeness (QED) is 0.752. The van der Waals surface area contributed by atoms with Gasteiger partial charge in [0.1, 0.15) is 5.82 Å². The average Bonchev–Trinajstić information content (AvgIpc) is 2.92. The first-order valence-electron chi connectivity index (χ1n) is 7.26. The topological polar surface area (TPSA) is 37.8 Å². The van der Waals surface area contributed by atoms with E-state index in [2.05, 4.69) is 53.8 Å². The second kappa shape index (κ2) is 5.82. The highest BCUT2D eigenvalue weighted by Crippen LogP contribution is 2.33. The third-order valence-electron chi connectivity index (χ3n) is 3.65. The van der Waals surface area contributed by atoms with Crippen molar-refractivity contribution in [3.05, 3.63) is 40.9 Å². The summed E-state index contributed by atoms with van der Waals surface area (Å²) in [6, 6.07) is 8.41. The van der Waals surface area contributed by atoms with Gasteiger partial charge in [-0.3, -0.25) is 0 Å². The van der Waals surface area contributed by atoms with E-state index < -0.39 is 0 Å². The molecule has 0 saturated heterocycles. The van der Waals surface area contributed by atoms with Gasteiger partial charge in [0.2, 0.25) is 0 Å². The Balaban J connectivity index is 2.11. The van der Waals surface area contributed by atoms with Crippen molar-refractivity contribution < 1.29 is 0 Å². The normalized spacial score (nSPS) is 11.0. The molecule has 0 amide bonds. The van der Waals surface area contributed by atoms with Crippen LogP contribution >= 0.6 is 11.3 Å². The van der Waals surface area contributed by atoms with E-state index in [9.17, 15) is 0 Å². The van der Waals surface area contributed by atoms with Crippen LogP contribution in [0.2, 0.25) is 0 Å². The summed E-state index contributed by atoms with van der Waals surface area (Å²) in [7, 11) is 0. The molecule has 0 aliphatic heterocycles. The SMILES string of the molecule is CCCNc1nc(-c2csc3ccccc23)nc(C)c1C. The standard InChI is InChI=1S/C17H19N3S/c1-4-9-18-16-11(2)12(3)19-17(20-16)14-10-21-15-8-6-5-7-13(14)15/h5-8,10H,4,9H2,1-3H3,(H,18,19,20). The Morgan fingerprint density at radius 1 is 1.14 bits per heavy atom. The number of aromatic nitrogens is 2. The minimum atomic E-state index is 0.814. The molecule has 0 fully saturated rings. The van der Waals surface area contributed by atoms with Crippen LogP contribution in [0.15, 0.2) is 29.6 Å². The van der Waals surface area contributed by atoms with Crippen LogP contribution in [0.4, 0.5) is 5.82 Å². The molecule has 1 N–H and O–H groups in total. The van der Waals surface area contributed by atoms with E-state index in [-0.39, 0.29) is 0 Å². The van der Waals surface area contributed by atoms with Gasteiger partial charge in [0.15, 0.2) is 5.82 Å². The van der Waals surface area contributed by atoms with E-state index in [1.807, 2.05) is 6.92 Å². The molecular weight excluding hydrogens is 278 g/mol. The first-order valence-corrected chi connectivity index (χ1v) is 8.14. The van der Waals surface area contributed by atoms with E-state index >= 15 is 0 Å². The van der Waals surface area contributed by atoms with Crippen LogP contribution < -0.4 is 5.32 Å². The molecule has 4 heteroatoms. The van der Waals surface area contributed by atoms with Gasteiger partial charge in [-0.25, -0.2) is 9.97 Å². The molecule has 3 nitrogen and oxygen atoms in total. The van der Waals surface area contributed by atoms with Crippen molar-refractivity contribution in [2.45, 2.75) is 27.2 Å². The van der Waals surface area contributed by atoms with Gasteiger partial charge in [0.25, 0.3) is 0 Å². The smallest absolute Gasteiger partial charge is 0.163 e. The molecule has 108 valence electrons. The molecule has 0 atom stereocenters. The van der Waals surface area contributed by atoms with E-state index in [4.69, 9.17) is 4.98 Å². The lowest BCUT2D eigenvalue weighted by molar-refractivity contribution is 0.955. The van der Waals surface area contributed by atoms with Crippen LogP contribution in [0.25, 0.3) is 21.5 Å². The van der Waals surface area contributed by atoms with Gasteiger partial charge in [-0.2, -0.15) is 0 Å². The zero-order valence-electron chi connectivity index (χ0n) is 12.6. The lowest BCUT2D eigenvalue weighted by Gasteiger charge is -2.11. The zero-order valence-corrected chi connectivity index (χ0v) is 13.4. The molecule has 1 aromatic carbocycles. The fraction of sp³-hybridized carbons (Fsp3) is 0.294. The Labute approximate surface area is 129 Å². The first kappa shape index (κ1) is 14.0. The molecule has 21 heavy (non-hydrogen) atoms. The van der Waals surface area contributed by atoms with Crippen molar-refractivity contribution in [1.82, 2.24) is 9.97 Å². The highest BCUT2D eigenvalue weighted by molar-refractivity contribution is 7.17. The summed E-state index contributed by atoms with van der Waals surface area (Å²) in [5.74, 6) is 1.77. The Hall–Kier alpha value is -1.94. The molecule has 0 unspecified atom stereocenters. The molecule has 0 radical (unpaired) electrons. The van der Waals surface area contributed by atoms with Crippen molar-refractivity contribution >= 4 is 27.2 Å². The van der Waals surface area contributed by atoms with Crippen LogP contribution in [-0.2, 0) is 0 Å².